The van der Waals surface area contributed by atoms with Gasteiger partial charge in [0, 0.05) is 24.9 Å². The van der Waals surface area contributed by atoms with E-state index in [0.717, 1.165) is 54.4 Å². The van der Waals surface area contributed by atoms with Gasteiger partial charge in [0.15, 0.2) is 11.5 Å². The van der Waals surface area contributed by atoms with Crippen LogP contribution < -0.4 is 4.90 Å². The molecule has 0 amide bonds. The van der Waals surface area contributed by atoms with Crippen molar-refractivity contribution >= 4 is 16.9 Å². The first kappa shape index (κ1) is 19.7. The van der Waals surface area contributed by atoms with Crippen LogP contribution in [0.25, 0.3) is 22.3 Å². The average Bonchev–Trinajstić information content (AvgIpc) is 3.61. The molecule has 170 valence electrons. The smallest absolute Gasteiger partial charge is 0.209 e. The van der Waals surface area contributed by atoms with E-state index in [1.54, 1.807) is 6.20 Å². The van der Waals surface area contributed by atoms with Crippen molar-refractivity contribution in [1.82, 2.24) is 29.7 Å². The quantitative estimate of drug-likeness (QED) is 0.476. The van der Waals surface area contributed by atoms with Crippen molar-refractivity contribution in [3.8, 4) is 23.1 Å². The van der Waals surface area contributed by atoms with Crippen LogP contribution in [0.4, 0.5) is 5.82 Å². The summed E-state index contributed by atoms with van der Waals surface area (Å²) >= 11 is 0. The molecule has 9 nitrogen and oxygen atoms in total. The zero-order valence-electron chi connectivity index (χ0n) is 18.5. The van der Waals surface area contributed by atoms with Crippen LogP contribution in [-0.2, 0) is 9.47 Å². The number of anilines is 1. The summed E-state index contributed by atoms with van der Waals surface area (Å²) in [6, 6.07) is 10.3. The van der Waals surface area contributed by atoms with E-state index in [9.17, 15) is 0 Å². The third-order valence-electron chi connectivity index (χ3n) is 6.89. The fraction of sp³-hybridized carbons (Fsp3) is 0.360. The minimum absolute atomic E-state index is 0.200. The number of hydrogen-bond donors (Lipinski definition) is 1. The van der Waals surface area contributed by atoms with E-state index in [4.69, 9.17) is 19.4 Å². The molecule has 0 aliphatic carbocycles. The minimum atomic E-state index is 0.200. The Balaban J connectivity index is 1.26. The SMILES string of the molecule is C(#Cc1ncc(-c2ccccc2)[nH]1)c1nc(N2C[C@H]3COC[C@H]3C2)c2cnn(C3COC3)c2n1. The second-order valence-electron chi connectivity index (χ2n) is 9.11. The van der Waals surface area contributed by atoms with Gasteiger partial charge in [0.05, 0.1) is 49.9 Å². The lowest BCUT2D eigenvalue weighted by molar-refractivity contribution is -0.0269. The van der Waals surface area contributed by atoms with Crippen molar-refractivity contribution in [1.29, 1.82) is 0 Å². The van der Waals surface area contributed by atoms with Gasteiger partial charge >= 0.3 is 0 Å². The van der Waals surface area contributed by atoms with Gasteiger partial charge in [-0.3, -0.25) is 0 Å². The predicted molar refractivity (Wildman–Crippen MR) is 125 cm³/mol. The molecule has 0 saturated carbocycles. The van der Waals surface area contributed by atoms with Crippen LogP contribution >= 0.6 is 0 Å². The number of ether oxygens (including phenoxy) is 2. The molecule has 9 heteroatoms. The molecule has 3 aliphatic heterocycles. The second-order valence-corrected chi connectivity index (χ2v) is 9.11. The number of benzene rings is 1. The van der Waals surface area contributed by atoms with Gasteiger partial charge in [-0.05, 0) is 17.4 Å². The Kier molecular flexibility index (Phi) is 4.60. The molecule has 3 aromatic heterocycles. The number of H-pyrrole nitrogens is 1. The number of nitrogens with one attached hydrogen (secondary N) is 1. The number of imidazole rings is 1. The number of hydrogen-bond acceptors (Lipinski definition) is 7. The van der Waals surface area contributed by atoms with Crippen molar-refractivity contribution < 1.29 is 9.47 Å². The van der Waals surface area contributed by atoms with Crippen molar-refractivity contribution in [2.75, 3.05) is 44.4 Å². The van der Waals surface area contributed by atoms with E-state index < -0.39 is 0 Å². The Morgan fingerprint density at radius 2 is 1.71 bits per heavy atom. The van der Waals surface area contributed by atoms with Gasteiger partial charge in [-0.1, -0.05) is 30.3 Å². The molecular weight excluding hydrogens is 430 g/mol. The monoisotopic (exact) mass is 453 g/mol. The maximum Gasteiger partial charge on any atom is 0.209 e. The topological polar surface area (TPSA) is 94.0 Å². The summed E-state index contributed by atoms with van der Waals surface area (Å²) in [7, 11) is 0. The highest BCUT2D eigenvalue weighted by Crippen LogP contribution is 2.35. The van der Waals surface area contributed by atoms with Crippen LogP contribution in [0, 0.1) is 23.7 Å². The van der Waals surface area contributed by atoms with Crippen LogP contribution in [0.1, 0.15) is 17.7 Å². The Labute approximate surface area is 196 Å². The van der Waals surface area contributed by atoms with Gasteiger partial charge in [0.25, 0.3) is 0 Å². The van der Waals surface area contributed by atoms with E-state index in [2.05, 4.69) is 31.8 Å². The third kappa shape index (κ3) is 3.34. The first-order chi connectivity index (χ1) is 16.8. The van der Waals surface area contributed by atoms with Crippen LogP contribution in [0.5, 0.6) is 0 Å². The number of aromatic amines is 1. The third-order valence-corrected chi connectivity index (χ3v) is 6.89. The summed E-state index contributed by atoms with van der Waals surface area (Å²) in [5.74, 6) is 9.29. The predicted octanol–water partition coefficient (Wildman–Crippen LogP) is 2.27. The first-order valence-electron chi connectivity index (χ1n) is 11.6. The zero-order chi connectivity index (χ0) is 22.5. The van der Waals surface area contributed by atoms with Crippen LogP contribution in [-0.4, -0.2) is 69.2 Å². The molecule has 4 aromatic rings. The highest BCUT2D eigenvalue weighted by Gasteiger charge is 2.38. The Morgan fingerprint density at radius 1 is 0.912 bits per heavy atom. The van der Waals surface area contributed by atoms with Gasteiger partial charge in [-0.15, -0.1) is 0 Å². The van der Waals surface area contributed by atoms with Crippen molar-refractivity contribution in [2.24, 2.45) is 11.8 Å². The summed E-state index contributed by atoms with van der Waals surface area (Å²) in [6.07, 6.45) is 3.68. The largest absolute Gasteiger partial charge is 0.381 e. The van der Waals surface area contributed by atoms with Crippen molar-refractivity contribution in [2.45, 2.75) is 6.04 Å². The van der Waals surface area contributed by atoms with Crippen LogP contribution in [0.15, 0.2) is 42.7 Å². The summed E-state index contributed by atoms with van der Waals surface area (Å²) in [6.45, 7) is 4.81. The number of fused-ring (bicyclic) bond motifs is 2. The minimum Gasteiger partial charge on any atom is -0.381 e. The molecule has 1 aromatic carbocycles. The lowest BCUT2D eigenvalue weighted by atomic mass is 10.0. The summed E-state index contributed by atoms with van der Waals surface area (Å²) in [4.78, 5) is 19.7. The molecule has 6 heterocycles. The maximum atomic E-state index is 5.66. The first-order valence-corrected chi connectivity index (χ1v) is 11.6. The van der Waals surface area contributed by atoms with Gasteiger partial charge in [-0.25, -0.2) is 19.6 Å². The van der Waals surface area contributed by atoms with Crippen LogP contribution in [0.2, 0.25) is 0 Å². The van der Waals surface area contributed by atoms with Gasteiger partial charge in [0.2, 0.25) is 5.82 Å². The summed E-state index contributed by atoms with van der Waals surface area (Å²) in [5.41, 5.74) is 2.80. The lowest BCUT2D eigenvalue weighted by Gasteiger charge is -2.26. The maximum absolute atomic E-state index is 5.66. The zero-order valence-corrected chi connectivity index (χ0v) is 18.5. The lowest BCUT2D eigenvalue weighted by Crippen LogP contribution is -2.31. The molecular formula is C25H23N7O2. The van der Waals surface area contributed by atoms with Crippen molar-refractivity contribution in [3.05, 3.63) is 54.4 Å². The van der Waals surface area contributed by atoms with Gasteiger partial charge in [-0.2, -0.15) is 5.10 Å². The second kappa shape index (κ2) is 7.94. The molecule has 0 spiro atoms. The molecule has 0 bridgehead atoms. The summed E-state index contributed by atoms with van der Waals surface area (Å²) < 4.78 is 13.0. The fourth-order valence-corrected chi connectivity index (χ4v) is 4.96. The molecule has 0 radical (unpaired) electrons. The summed E-state index contributed by atoms with van der Waals surface area (Å²) in [5, 5.41) is 5.59. The molecule has 7 rings (SSSR count). The van der Waals surface area contributed by atoms with Crippen molar-refractivity contribution in [3.63, 3.8) is 0 Å². The molecule has 34 heavy (non-hydrogen) atoms. The van der Waals surface area contributed by atoms with Crippen LogP contribution in [0.3, 0.4) is 0 Å². The molecule has 3 fully saturated rings. The normalized spacial score (nSPS) is 21.9. The molecule has 2 atom stereocenters. The van der Waals surface area contributed by atoms with E-state index in [0.29, 0.717) is 36.7 Å². The van der Waals surface area contributed by atoms with E-state index in [1.807, 2.05) is 41.2 Å². The average molecular weight is 454 g/mol. The molecule has 3 saturated heterocycles. The van der Waals surface area contributed by atoms with E-state index in [1.165, 1.54) is 0 Å². The highest BCUT2D eigenvalue weighted by molar-refractivity contribution is 5.87. The highest BCUT2D eigenvalue weighted by atomic mass is 16.5. The Bertz CT molecular complexity index is 1400. The Hall–Kier alpha value is -3.74. The fourth-order valence-electron chi connectivity index (χ4n) is 4.96. The Morgan fingerprint density at radius 3 is 2.47 bits per heavy atom. The molecule has 3 aliphatic rings. The standard InChI is InChI=1S/C25H23N7O2/c1-2-4-16(5-3-1)21-9-26-22(28-21)6-7-23-29-24(31-10-17-12-33-13-18(17)11-31)20-8-27-32(25(20)30-23)19-14-34-15-19/h1-5,8-9,17-19H,10-15H2,(H,26,28)/t17-,18+. The number of rotatable bonds is 3. The van der Waals surface area contributed by atoms with E-state index in [-0.39, 0.29) is 6.04 Å². The number of aromatic nitrogens is 6. The molecule has 0 unspecified atom stereocenters. The van der Waals surface area contributed by atoms with E-state index >= 15 is 0 Å². The van der Waals surface area contributed by atoms with Gasteiger partial charge < -0.3 is 19.4 Å². The molecule has 1 N–H and O–H groups in total. The number of nitrogens with zero attached hydrogens (tertiary/aromatic N) is 6. The van der Waals surface area contributed by atoms with Gasteiger partial charge in [0.1, 0.15) is 11.9 Å².